The van der Waals surface area contributed by atoms with Gasteiger partial charge < -0.3 is 5.32 Å². The fourth-order valence-electron chi connectivity index (χ4n) is 3.34. The van der Waals surface area contributed by atoms with E-state index in [2.05, 4.69) is 22.0 Å². The first-order valence-electron chi connectivity index (χ1n) is 7.44. The molecule has 0 radical (unpaired) electrons. The number of unbranched alkanes of at least 4 members (excludes halogenated alkanes) is 1. The summed E-state index contributed by atoms with van der Waals surface area (Å²) < 4.78 is 0. The first-order valence-corrected chi connectivity index (χ1v) is 7.44. The minimum atomic E-state index is 0.763. The Labute approximate surface area is 107 Å². The molecule has 0 spiro atoms. The van der Waals surface area contributed by atoms with Crippen LogP contribution in [0.1, 0.15) is 39.0 Å². The molecule has 2 atom stereocenters. The molecule has 2 heterocycles. The summed E-state index contributed by atoms with van der Waals surface area (Å²) in [6.07, 6.45) is 6.96. The van der Waals surface area contributed by atoms with Crippen LogP contribution in [0.2, 0.25) is 0 Å². The van der Waals surface area contributed by atoms with Crippen LogP contribution in [-0.4, -0.2) is 61.7 Å². The Morgan fingerprint density at radius 3 is 2.88 bits per heavy atom. The smallest absolute Gasteiger partial charge is 0.0223 e. The lowest BCUT2D eigenvalue weighted by atomic mass is 9.97. The summed E-state index contributed by atoms with van der Waals surface area (Å²) in [6, 6.07) is 1.63. The van der Waals surface area contributed by atoms with E-state index >= 15 is 0 Å². The van der Waals surface area contributed by atoms with Gasteiger partial charge in [0.15, 0.2) is 0 Å². The number of rotatable bonds is 5. The SMILES string of the molecule is CNCCCCN1CC2CCCCN2CC1C. The molecule has 3 nitrogen and oxygen atoms in total. The van der Waals surface area contributed by atoms with Crippen molar-refractivity contribution < 1.29 is 0 Å². The van der Waals surface area contributed by atoms with Gasteiger partial charge in [0.1, 0.15) is 0 Å². The van der Waals surface area contributed by atoms with Crippen LogP contribution < -0.4 is 5.32 Å². The first-order chi connectivity index (χ1) is 8.31. The molecule has 2 saturated heterocycles. The largest absolute Gasteiger partial charge is 0.320 e. The Kier molecular flexibility index (Phi) is 5.26. The van der Waals surface area contributed by atoms with Crippen LogP contribution in [0.15, 0.2) is 0 Å². The highest BCUT2D eigenvalue weighted by molar-refractivity contribution is 4.88. The lowest BCUT2D eigenvalue weighted by Gasteiger charge is -2.47. The number of piperidine rings is 1. The van der Waals surface area contributed by atoms with E-state index in [0.29, 0.717) is 0 Å². The minimum Gasteiger partial charge on any atom is -0.320 e. The zero-order chi connectivity index (χ0) is 12.1. The zero-order valence-electron chi connectivity index (χ0n) is 11.6. The number of nitrogens with zero attached hydrogens (tertiary/aromatic N) is 2. The fourth-order valence-corrected chi connectivity index (χ4v) is 3.34. The molecule has 0 aliphatic carbocycles. The third-order valence-corrected chi connectivity index (χ3v) is 4.44. The highest BCUT2D eigenvalue weighted by atomic mass is 15.3. The van der Waals surface area contributed by atoms with Gasteiger partial charge in [0.05, 0.1) is 0 Å². The van der Waals surface area contributed by atoms with Gasteiger partial charge in [-0.25, -0.2) is 0 Å². The Hall–Kier alpha value is -0.120. The molecule has 0 aromatic rings. The summed E-state index contributed by atoms with van der Waals surface area (Å²) in [5.74, 6) is 0. The molecule has 100 valence electrons. The number of nitrogens with one attached hydrogen (secondary N) is 1. The third-order valence-electron chi connectivity index (χ3n) is 4.44. The maximum atomic E-state index is 3.24. The Balaban J connectivity index is 1.74. The van der Waals surface area contributed by atoms with E-state index in [1.54, 1.807) is 0 Å². The Morgan fingerprint density at radius 1 is 1.18 bits per heavy atom. The van der Waals surface area contributed by atoms with Crippen molar-refractivity contribution in [3.05, 3.63) is 0 Å². The van der Waals surface area contributed by atoms with Crippen molar-refractivity contribution in [1.29, 1.82) is 0 Å². The molecule has 17 heavy (non-hydrogen) atoms. The average Bonchev–Trinajstić information content (AvgIpc) is 2.35. The molecule has 2 unspecified atom stereocenters. The van der Waals surface area contributed by atoms with Gasteiger partial charge in [0, 0.05) is 25.2 Å². The number of fused-ring (bicyclic) bond motifs is 1. The van der Waals surface area contributed by atoms with E-state index in [1.165, 1.54) is 58.3 Å². The molecule has 0 saturated carbocycles. The molecule has 0 aromatic carbocycles. The van der Waals surface area contributed by atoms with Gasteiger partial charge in [-0.1, -0.05) is 6.42 Å². The third kappa shape index (κ3) is 3.67. The first kappa shape index (κ1) is 13.3. The van der Waals surface area contributed by atoms with Gasteiger partial charge in [0.25, 0.3) is 0 Å². The summed E-state index contributed by atoms with van der Waals surface area (Å²) in [5, 5.41) is 3.24. The van der Waals surface area contributed by atoms with Gasteiger partial charge in [-0.15, -0.1) is 0 Å². The van der Waals surface area contributed by atoms with E-state index in [1.807, 2.05) is 7.05 Å². The standard InChI is InChI=1S/C14H29N3/c1-13-11-17-10-5-3-7-14(17)12-16(13)9-6-4-8-15-2/h13-15H,3-12H2,1-2H3. The monoisotopic (exact) mass is 239 g/mol. The summed E-state index contributed by atoms with van der Waals surface area (Å²) in [5.41, 5.74) is 0. The lowest BCUT2D eigenvalue weighted by Crippen LogP contribution is -2.58. The molecule has 2 fully saturated rings. The molecule has 2 aliphatic heterocycles. The zero-order valence-corrected chi connectivity index (χ0v) is 11.6. The average molecular weight is 239 g/mol. The molecule has 1 N–H and O–H groups in total. The highest BCUT2D eigenvalue weighted by Crippen LogP contribution is 2.24. The van der Waals surface area contributed by atoms with Crippen molar-refractivity contribution in [2.75, 3.05) is 39.8 Å². The normalized spacial score (nSPS) is 31.4. The quantitative estimate of drug-likeness (QED) is 0.734. The summed E-state index contributed by atoms with van der Waals surface area (Å²) in [7, 11) is 2.05. The number of hydrogen-bond acceptors (Lipinski definition) is 3. The maximum Gasteiger partial charge on any atom is 0.0223 e. The highest BCUT2D eigenvalue weighted by Gasteiger charge is 2.32. The van der Waals surface area contributed by atoms with Crippen LogP contribution >= 0.6 is 0 Å². The van der Waals surface area contributed by atoms with Gasteiger partial charge >= 0.3 is 0 Å². The predicted molar refractivity (Wildman–Crippen MR) is 73.4 cm³/mol. The minimum absolute atomic E-state index is 0.763. The van der Waals surface area contributed by atoms with Crippen LogP contribution in [0, 0.1) is 0 Å². The molecular weight excluding hydrogens is 210 g/mol. The van der Waals surface area contributed by atoms with Gasteiger partial charge in [0.2, 0.25) is 0 Å². The van der Waals surface area contributed by atoms with Crippen molar-refractivity contribution in [3.8, 4) is 0 Å². The van der Waals surface area contributed by atoms with Gasteiger partial charge in [-0.05, 0) is 59.3 Å². The topological polar surface area (TPSA) is 18.5 Å². The second-order valence-corrected chi connectivity index (χ2v) is 5.80. The summed E-state index contributed by atoms with van der Waals surface area (Å²) >= 11 is 0. The van der Waals surface area contributed by atoms with Crippen LogP contribution in [-0.2, 0) is 0 Å². The van der Waals surface area contributed by atoms with Crippen LogP contribution in [0.4, 0.5) is 0 Å². The fraction of sp³-hybridized carbons (Fsp3) is 1.00. The molecule has 0 amide bonds. The van der Waals surface area contributed by atoms with Crippen molar-refractivity contribution >= 4 is 0 Å². The molecule has 2 rings (SSSR count). The molecule has 3 heteroatoms. The lowest BCUT2D eigenvalue weighted by molar-refractivity contribution is 0.0147. The van der Waals surface area contributed by atoms with E-state index in [9.17, 15) is 0 Å². The van der Waals surface area contributed by atoms with Crippen molar-refractivity contribution in [2.24, 2.45) is 0 Å². The number of hydrogen-bond donors (Lipinski definition) is 1. The molecule has 2 aliphatic rings. The van der Waals surface area contributed by atoms with Crippen LogP contribution in [0.25, 0.3) is 0 Å². The summed E-state index contributed by atoms with van der Waals surface area (Å²) in [4.78, 5) is 5.46. The van der Waals surface area contributed by atoms with E-state index in [-0.39, 0.29) is 0 Å². The van der Waals surface area contributed by atoms with Crippen molar-refractivity contribution in [1.82, 2.24) is 15.1 Å². The second-order valence-electron chi connectivity index (χ2n) is 5.80. The Bertz CT molecular complexity index is 220. The van der Waals surface area contributed by atoms with E-state index < -0.39 is 0 Å². The predicted octanol–water partition coefficient (Wildman–Crippen LogP) is 1.54. The van der Waals surface area contributed by atoms with E-state index in [4.69, 9.17) is 0 Å². The van der Waals surface area contributed by atoms with Gasteiger partial charge in [-0.3, -0.25) is 9.80 Å². The maximum absolute atomic E-state index is 3.24. The van der Waals surface area contributed by atoms with E-state index in [0.717, 1.165) is 18.6 Å². The second kappa shape index (κ2) is 6.72. The number of piperazine rings is 1. The molecular formula is C14H29N3. The van der Waals surface area contributed by atoms with Crippen LogP contribution in [0.3, 0.4) is 0 Å². The molecule has 0 aromatic heterocycles. The summed E-state index contributed by atoms with van der Waals surface area (Å²) in [6.45, 7) is 8.84. The van der Waals surface area contributed by atoms with Crippen molar-refractivity contribution in [3.63, 3.8) is 0 Å². The molecule has 0 bridgehead atoms. The Morgan fingerprint density at radius 2 is 2.06 bits per heavy atom. The van der Waals surface area contributed by atoms with Crippen LogP contribution in [0.5, 0.6) is 0 Å². The van der Waals surface area contributed by atoms with Crippen molar-refractivity contribution in [2.45, 2.75) is 51.1 Å². The van der Waals surface area contributed by atoms with Gasteiger partial charge in [-0.2, -0.15) is 0 Å².